The second-order valence-corrected chi connectivity index (χ2v) is 7.13. The summed E-state index contributed by atoms with van der Waals surface area (Å²) in [6.07, 6.45) is 4.51. The molecule has 1 aliphatic rings. The van der Waals surface area contributed by atoms with Crippen LogP contribution in [0.3, 0.4) is 0 Å². The van der Waals surface area contributed by atoms with E-state index in [0.29, 0.717) is 24.6 Å². The standard InChI is InChI=1S/C20H34N2O4/c1-21(11-12-23)14-17-7-8-19(20(13-17)25-2)26-16-18(24)15-22-9-5-3-4-6-10-22/h7-8,13,18,23-24H,3-6,9-12,14-16H2,1-2H3/t18-/m1/s1. The van der Waals surface area contributed by atoms with E-state index < -0.39 is 6.10 Å². The molecule has 1 aromatic carbocycles. The fourth-order valence-electron chi connectivity index (χ4n) is 3.35. The van der Waals surface area contributed by atoms with Crippen molar-refractivity contribution in [1.29, 1.82) is 0 Å². The normalized spacial score (nSPS) is 17.1. The van der Waals surface area contributed by atoms with Crippen molar-refractivity contribution >= 4 is 0 Å². The summed E-state index contributed by atoms with van der Waals surface area (Å²) in [6, 6.07) is 5.83. The third-order valence-electron chi connectivity index (χ3n) is 4.76. The molecule has 1 aromatic rings. The average Bonchev–Trinajstić information content (AvgIpc) is 2.89. The molecule has 0 amide bonds. The molecule has 0 radical (unpaired) electrons. The lowest BCUT2D eigenvalue weighted by Crippen LogP contribution is -2.36. The van der Waals surface area contributed by atoms with Gasteiger partial charge in [-0.05, 0) is 50.7 Å². The molecule has 2 rings (SSSR count). The molecule has 148 valence electrons. The number of ether oxygens (including phenoxy) is 2. The fraction of sp³-hybridized carbons (Fsp3) is 0.700. The smallest absolute Gasteiger partial charge is 0.161 e. The van der Waals surface area contributed by atoms with Gasteiger partial charge in [0.15, 0.2) is 11.5 Å². The van der Waals surface area contributed by atoms with E-state index in [1.807, 2.05) is 30.1 Å². The van der Waals surface area contributed by atoms with Gasteiger partial charge < -0.3 is 24.6 Å². The zero-order chi connectivity index (χ0) is 18.8. The number of likely N-dealkylation sites (tertiary alicyclic amines) is 1. The van der Waals surface area contributed by atoms with Gasteiger partial charge in [0.05, 0.1) is 13.7 Å². The summed E-state index contributed by atoms with van der Waals surface area (Å²) in [5, 5.41) is 19.3. The predicted octanol–water partition coefficient (Wildman–Crippen LogP) is 1.74. The van der Waals surface area contributed by atoms with Gasteiger partial charge in [-0.3, -0.25) is 4.90 Å². The van der Waals surface area contributed by atoms with E-state index in [1.54, 1.807) is 7.11 Å². The second-order valence-electron chi connectivity index (χ2n) is 7.13. The molecule has 1 heterocycles. The first-order valence-corrected chi connectivity index (χ1v) is 9.62. The Morgan fingerprint density at radius 1 is 1.15 bits per heavy atom. The minimum atomic E-state index is -0.506. The summed E-state index contributed by atoms with van der Waals surface area (Å²) in [7, 11) is 3.59. The first-order valence-electron chi connectivity index (χ1n) is 9.62. The molecule has 0 aromatic heterocycles. The van der Waals surface area contributed by atoms with Crippen LogP contribution in [0.4, 0.5) is 0 Å². The number of hydrogen-bond acceptors (Lipinski definition) is 6. The Hall–Kier alpha value is -1.34. The van der Waals surface area contributed by atoms with Crippen LogP contribution in [0.15, 0.2) is 18.2 Å². The summed E-state index contributed by atoms with van der Waals surface area (Å²) in [5.74, 6) is 1.32. The van der Waals surface area contributed by atoms with Gasteiger partial charge in [0.2, 0.25) is 0 Å². The number of aliphatic hydroxyl groups excluding tert-OH is 2. The number of rotatable bonds is 10. The Labute approximate surface area is 157 Å². The highest BCUT2D eigenvalue weighted by Crippen LogP contribution is 2.28. The van der Waals surface area contributed by atoms with Gasteiger partial charge >= 0.3 is 0 Å². The highest BCUT2D eigenvalue weighted by Gasteiger charge is 2.15. The Bertz CT molecular complexity index is 519. The zero-order valence-electron chi connectivity index (χ0n) is 16.2. The van der Waals surface area contributed by atoms with E-state index in [2.05, 4.69) is 4.90 Å². The lowest BCUT2D eigenvalue weighted by atomic mass is 10.2. The molecular formula is C20H34N2O4. The van der Waals surface area contributed by atoms with Crippen LogP contribution < -0.4 is 9.47 Å². The van der Waals surface area contributed by atoms with E-state index >= 15 is 0 Å². The highest BCUT2D eigenvalue weighted by molar-refractivity contribution is 5.43. The van der Waals surface area contributed by atoms with Gasteiger partial charge in [-0.25, -0.2) is 0 Å². The summed E-state index contributed by atoms with van der Waals surface area (Å²) in [5.41, 5.74) is 1.09. The van der Waals surface area contributed by atoms with Gasteiger partial charge in [0, 0.05) is 19.6 Å². The molecule has 0 bridgehead atoms. The largest absolute Gasteiger partial charge is 0.493 e. The van der Waals surface area contributed by atoms with Crippen LogP contribution in [0.2, 0.25) is 0 Å². The maximum absolute atomic E-state index is 10.3. The van der Waals surface area contributed by atoms with Gasteiger partial charge in [0.25, 0.3) is 0 Å². The maximum atomic E-state index is 10.3. The zero-order valence-corrected chi connectivity index (χ0v) is 16.2. The Morgan fingerprint density at radius 3 is 2.54 bits per heavy atom. The van der Waals surface area contributed by atoms with Crippen LogP contribution in [-0.2, 0) is 6.54 Å². The quantitative estimate of drug-likeness (QED) is 0.658. The number of nitrogens with zero attached hydrogens (tertiary/aromatic N) is 2. The van der Waals surface area contributed by atoms with Gasteiger partial charge in [0.1, 0.15) is 12.7 Å². The Balaban J connectivity index is 1.85. The molecule has 2 N–H and O–H groups in total. The second kappa shape index (κ2) is 11.4. The molecule has 6 heteroatoms. The van der Waals surface area contributed by atoms with E-state index in [-0.39, 0.29) is 13.2 Å². The van der Waals surface area contributed by atoms with Crippen molar-refractivity contribution in [2.45, 2.75) is 38.3 Å². The van der Waals surface area contributed by atoms with E-state index in [9.17, 15) is 5.11 Å². The van der Waals surface area contributed by atoms with Crippen LogP contribution in [-0.4, -0.2) is 79.7 Å². The molecule has 1 atom stereocenters. The van der Waals surface area contributed by atoms with Crippen molar-refractivity contribution in [2.24, 2.45) is 0 Å². The molecule has 0 spiro atoms. The minimum Gasteiger partial charge on any atom is -0.493 e. The van der Waals surface area contributed by atoms with Crippen molar-refractivity contribution in [2.75, 3.05) is 53.6 Å². The Kier molecular flexibility index (Phi) is 9.18. The minimum absolute atomic E-state index is 0.143. The van der Waals surface area contributed by atoms with E-state index in [1.165, 1.54) is 25.7 Å². The SMILES string of the molecule is COc1cc(CN(C)CCO)ccc1OC[C@H](O)CN1CCCCCC1. The van der Waals surface area contributed by atoms with Crippen molar-refractivity contribution in [3.05, 3.63) is 23.8 Å². The number of aliphatic hydroxyl groups is 2. The molecule has 26 heavy (non-hydrogen) atoms. The summed E-state index contributed by atoms with van der Waals surface area (Å²) in [4.78, 5) is 4.37. The van der Waals surface area contributed by atoms with Gasteiger partial charge in [-0.15, -0.1) is 0 Å². The first-order chi connectivity index (χ1) is 12.6. The van der Waals surface area contributed by atoms with Crippen LogP contribution >= 0.6 is 0 Å². The molecule has 0 unspecified atom stereocenters. The number of hydrogen-bond donors (Lipinski definition) is 2. The average molecular weight is 367 g/mol. The van der Waals surface area contributed by atoms with E-state index in [4.69, 9.17) is 14.6 Å². The predicted molar refractivity (Wildman–Crippen MR) is 103 cm³/mol. The topological polar surface area (TPSA) is 65.4 Å². The van der Waals surface area contributed by atoms with Crippen molar-refractivity contribution in [1.82, 2.24) is 9.80 Å². The number of β-amino-alcohol motifs (C(OH)–C–C–N with tert-alkyl or cyclic N) is 1. The highest BCUT2D eigenvalue weighted by atomic mass is 16.5. The number of benzene rings is 1. The first kappa shape index (κ1) is 21.0. The Morgan fingerprint density at radius 2 is 1.88 bits per heavy atom. The van der Waals surface area contributed by atoms with Crippen molar-refractivity contribution in [3.63, 3.8) is 0 Å². The van der Waals surface area contributed by atoms with Gasteiger partial charge in [-0.1, -0.05) is 18.9 Å². The molecule has 0 aliphatic carbocycles. The molecule has 1 saturated heterocycles. The van der Waals surface area contributed by atoms with Crippen LogP contribution in [0, 0.1) is 0 Å². The molecule has 6 nitrogen and oxygen atoms in total. The van der Waals surface area contributed by atoms with Gasteiger partial charge in [-0.2, -0.15) is 0 Å². The third kappa shape index (κ3) is 7.11. The fourth-order valence-corrected chi connectivity index (χ4v) is 3.35. The molecule has 0 saturated carbocycles. The van der Waals surface area contributed by atoms with Crippen molar-refractivity contribution in [3.8, 4) is 11.5 Å². The molecule has 1 fully saturated rings. The summed E-state index contributed by atoms with van der Waals surface area (Å²) >= 11 is 0. The van der Waals surface area contributed by atoms with Crippen LogP contribution in [0.5, 0.6) is 11.5 Å². The summed E-state index contributed by atoms with van der Waals surface area (Å²) in [6.45, 7) is 4.55. The molecular weight excluding hydrogens is 332 g/mol. The molecule has 1 aliphatic heterocycles. The monoisotopic (exact) mass is 366 g/mol. The lowest BCUT2D eigenvalue weighted by Gasteiger charge is -2.23. The number of likely N-dealkylation sites (N-methyl/N-ethyl adjacent to an activating group) is 1. The number of methoxy groups -OCH3 is 1. The van der Waals surface area contributed by atoms with Crippen LogP contribution in [0.25, 0.3) is 0 Å². The van der Waals surface area contributed by atoms with Crippen molar-refractivity contribution < 1.29 is 19.7 Å². The summed E-state index contributed by atoms with van der Waals surface area (Å²) < 4.78 is 11.3. The lowest BCUT2D eigenvalue weighted by molar-refractivity contribution is 0.0683. The maximum Gasteiger partial charge on any atom is 0.161 e. The van der Waals surface area contributed by atoms with Crippen LogP contribution in [0.1, 0.15) is 31.2 Å². The third-order valence-corrected chi connectivity index (χ3v) is 4.76. The van der Waals surface area contributed by atoms with E-state index in [0.717, 1.165) is 25.2 Å².